The third kappa shape index (κ3) is 2.20. The third-order valence-electron chi connectivity index (χ3n) is 8.57. The third-order valence-corrected chi connectivity index (χ3v) is 8.57. The molecule has 0 unspecified atom stereocenters. The van der Waals surface area contributed by atoms with Gasteiger partial charge in [0.05, 0.1) is 21.5 Å². The first-order valence-corrected chi connectivity index (χ1v) is 13.6. The van der Waals surface area contributed by atoms with E-state index in [-0.39, 0.29) is 0 Å². The smallest absolute Gasteiger partial charge is 0.249 e. The molecule has 41 heavy (non-hydrogen) atoms. The fourth-order valence-electron chi connectivity index (χ4n) is 6.83. The molecule has 11 aromatic rings. The summed E-state index contributed by atoms with van der Waals surface area (Å²) < 4.78 is 8.57. The molecule has 0 aliphatic rings. The number of hydrogen-bond acceptors (Lipinski definition) is 3. The monoisotopic (exact) mass is 528 g/mol. The van der Waals surface area contributed by atoms with Gasteiger partial charge in [-0.05, 0) is 41.1 Å². The van der Waals surface area contributed by atoms with E-state index in [1.165, 1.54) is 0 Å². The molecule has 7 heterocycles. The maximum absolute atomic E-state index is 5.33. The van der Waals surface area contributed by atoms with Crippen molar-refractivity contribution in [1.29, 1.82) is 0 Å². The Morgan fingerprint density at radius 3 is 1.61 bits per heavy atom. The molecule has 0 saturated carbocycles. The Balaban J connectivity index is 1.64. The van der Waals surface area contributed by atoms with Gasteiger partial charge in [-0.3, -0.25) is 0 Å². The van der Waals surface area contributed by atoms with Crippen molar-refractivity contribution in [3.63, 3.8) is 0 Å². The first-order chi connectivity index (χ1) is 20.3. The molecule has 2 bridgehead atoms. The predicted octanol–water partition coefficient (Wildman–Crippen LogP) is 5.94. The number of fused-ring (bicyclic) bond motifs is 14. The van der Waals surface area contributed by atoms with E-state index in [1.807, 2.05) is 0 Å². The fourth-order valence-corrected chi connectivity index (χ4v) is 6.83. The van der Waals surface area contributed by atoms with Gasteiger partial charge in [-0.25, -0.2) is 4.98 Å². The Hall–Kier alpha value is -5.96. The molecule has 4 aromatic carbocycles. The molecule has 7 aromatic heterocycles. The lowest BCUT2D eigenvalue weighted by molar-refractivity contribution is -0.590. The SMILES string of the molecule is c1ccc2c3[nH]c(nc4c5ccccc5c5nc6c7ccccc7c7nc8c9ccccc9c([nH]3)n8n(n45)[n+]67)c2c1. The topological polar surface area (TPSA) is 87.6 Å². The van der Waals surface area contributed by atoms with Crippen LogP contribution in [0.2, 0.25) is 0 Å². The second-order valence-corrected chi connectivity index (χ2v) is 10.7. The second kappa shape index (κ2) is 6.60. The normalized spacial score (nSPS) is 12.9. The summed E-state index contributed by atoms with van der Waals surface area (Å²) in [6, 6.07) is 33.5. The molecule has 0 spiro atoms. The van der Waals surface area contributed by atoms with E-state index >= 15 is 0 Å². The number of hydrogen-bond donors (Lipinski definition) is 2. The van der Waals surface area contributed by atoms with Gasteiger partial charge in [0.15, 0.2) is 5.65 Å². The van der Waals surface area contributed by atoms with Crippen LogP contribution < -0.4 is 4.52 Å². The van der Waals surface area contributed by atoms with Crippen LogP contribution in [0.3, 0.4) is 0 Å². The molecule has 0 saturated heterocycles. The molecule has 0 atom stereocenters. The highest BCUT2D eigenvalue weighted by Gasteiger charge is 2.29. The van der Waals surface area contributed by atoms with Crippen LogP contribution in [-0.2, 0) is 0 Å². The Bertz CT molecular complexity index is 2730. The highest BCUT2D eigenvalue weighted by Crippen LogP contribution is 2.32. The van der Waals surface area contributed by atoms with E-state index < -0.39 is 0 Å². The fraction of sp³-hybridized carbons (Fsp3) is 0. The van der Waals surface area contributed by atoms with Gasteiger partial charge in [-0.1, -0.05) is 60.7 Å². The van der Waals surface area contributed by atoms with Gasteiger partial charge in [0, 0.05) is 21.5 Å². The molecule has 9 heteroatoms. The maximum atomic E-state index is 5.33. The summed E-state index contributed by atoms with van der Waals surface area (Å²) >= 11 is 0. The minimum absolute atomic E-state index is 0.795. The lowest BCUT2D eigenvalue weighted by atomic mass is 10.2. The summed E-state index contributed by atoms with van der Waals surface area (Å²) in [6.45, 7) is 0. The maximum Gasteiger partial charge on any atom is 0.249 e. The predicted molar refractivity (Wildman–Crippen MR) is 160 cm³/mol. The summed E-state index contributed by atoms with van der Waals surface area (Å²) in [5, 5.41) is 8.43. The zero-order chi connectivity index (χ0) is 26.4. The van der Waals surface area contributed by atoms with Gasteiger partial charge in [0.1, 0.15) is 11.3 Å². The van der Waals surface area contributed by atoms with Crippen molar-refractivity contribution >= 4 is 88.3 Å². The standard InChI is InChI=1S/C32H17N9/c1-2-10-18-17(9-1)25-33-26(18)35-28-20-12-4-6-14-22(20)30-37-32-24-16-8-7-15-23(24)31-36-29-21-13-5-3-11-19(21)27(34-25)38(29)41(39(28)30)40(31)32/h1-16H,(H,33,34,35,36,37)/p+1. The van der Waals surface area contributed by atoms with Crippen molar-refractivity contribution in [2.45, 2.75) is 0 Å². The van der Waals surface area contributed by atoms with Crippen molar-refractivity contribution in [3.05, 3.63) is 97.1 Å². The number of aromatic amines is 2. The average Bonchev–Trinajstić information content (AvgIpc) is 3.73. The highest BCUT2D eigenvalue weighted by molar-refractivity contribution is 6.11. The van der Waals surface area contributed by atoms with Crippen LogP contribution in [0.1, 0.15) is 0 Å². The number of nitrogens with zero attached hydrogens (tertiary/aromatic N) is 7. The molecule has 190 valence electrons. The average molecular weight is 529 g/mol. The summed E-state index contributed by atoms with van der Waals surface area (Å²) in [4.78, 5) is 23.4. The van der Waals surface area contributed by atoms with Gasteiger partial charge in [-0.15, -0.1) is 23.5 Å². The minimum atomic E-state index is 0.795. The second-order valence-electron chi connectivity index (χ2n) is 10.7. The molecule has 11 rings (SSSR count). The number of benzene rings is 4. The number of rotatable bonds is 0. The Morgan fingerprint density at radius 1 is 0.463 bits per heavy atom. The lowest BCUT2D eigenvalue weighted by Crippen LogP contribution is -2.40. The molecule has 0 aliphatic carbocycles. The van der Waals surface area contributed by atoms with Crippen LogP contribution in [0, 0.1) is 0 Å². The van der Waals surface area contributed by atoms with Gasteiger partial charge in [0.25, 0.3) is 0 Å². The van der Waals surface area contributed by atoms with E-state index in [9.17, 15) is 0 Å². The minimum Gasteiger partial charge on any atom is -0.325 e. The van der Waals surface area contributed by atoms with Crippen LogP contribution in [0.4, 0.5) is 0 Å². The van der Waals surface area contributed by atoms with Crippen molar-refractivity contribution in [2.75, 3.05) is 0 Å². The van der Waals surface area contributed by atoms with E-state index in [0.717, 1.165) is 88.3 Å². The van der Waals surface area contributed by atoms with Crippen molar-refractivity contribution in [1.82, 2.24) is 38.7 Å². The van der Waals surface area contributed by atoms with Crippen molar-refractivity contribution in [3.8, 4) is 0 Å². The van der Waals surface area contributed by atoms with Gasteiger partial charge >= 0.3 is 0 Å². The van der Waals surface area contributed by atoms with Gasteiger partial charge in [0.2, 0.25) is 28.2 Å². The molecule has 0 aliphatic heterocycles. The van der Waals surface area contributed by atoms with Crippen LogP contribution in [0.15, 0.2) is 97.1 Å². The Morgan fingerprint density at radius 2 is 0.951 bits per heavy atom. The quantitative estimate of drug-likeness (QED) is 0.239. The van der Waals surface area contributed by atoms with Crippen molar-refractivity contribution < 1.29 is 4.52 Å². The zero-order valence-corrected chi connectivity index (χ0v) is 21.4. The van der Waals surface area contributed by atoms with Crippen LogP contribution in [0.5, 0.6) is 0 Å². The zero-order valence-electron chi connectivity index (χ0n) is 21.4. The summed E-state index contributed by atoms with van der Waals surface area (Å²) in [5.41, 5.74) is 6.75. The molecule has 0 fully saturated rings. The van der Waals surface area contributed by atoms with Crippen LogP contribution >= 0.6 is 0 Å². The Labute approximate surface area is 228 Å². The number of nitrogens with one attached hydrogen (secondary N) is 2. The lowest BCUT2D eigenvalue weighted by Gasteiger charge is -2.06. The van der Waals surface area contributed by atoms with E-state index in [4.69, 9.17) is 15.0 Å². The number of aromatic nitrogens is 9. The Kier molecular flexibility index (Phi) is 3.22. The molecule has 9 nitrogen and oxygen atoms in total. The summed E-state index contributed by atoms with van der Waals surface area (Å²) in [6.07, 6.45) is 0. The number of H-pyrrole nitrogens is 2. The van der Waals surface area contributed by atoms with E-state index in [0.29, 0.717) is 0 Å². The summed E-state index contributed by atoms with van der Waals surface area (Å²) in [7, 11) is 0. The van der Waals surface area contributed by atoms with Crippen LogP contribution in [0.25, 0.3) is 88.3 Å². The molecule has 2 N–H and O–H groups in total. The molecular weight excluding hydrogens is 510 g/mol. The van der Waals surface area contributed by atoms with E-state index in [2.05, 4.69) is 125 Å². The molecular formula is C32H18N9+. The largest absolute Gasteiger partial charge is 0.325 e. The highest BCUT2D eigenvalue weighted by atomic mass is 15.7. The molecule has 0 radical (unpaired) electrons. The van der Waals surface area contributed by atoms with Gasteiger partial charge in [-0.2, -0.15) is 0 Å². The molecule has 0 amide bonds. The van der Waals surface area contributed by atoms with E-state index in [1.54, 1.807) is 0 Å². The van der Waals surface area contributed by atoms with Crippen LogP contribution in [-0.4, -0.2) is 38.7 Å². The first-order valence-electron chi connectivity index (χ1n) is 13.6. The van der Waals surface area contributed by atoms with Gasteiger partial charge < -0.3 is 9.97 Å². The summed E-state index contributed by atoms with van der Waals surface area (Å²) in [5.74, 6) is 0. The first kappa shape index (κ1) is 20.0. The van der Waals surface area contributed by atoms with Crippen molar-refractivity contribution in [2.24, 2.45) is 0 Å².